The Morgan fingerprint density at radius 3 is 2.15 bits per heavy atom. The van der Waals surface area contributed by atoms with Gasteiger partial charge in [-0.3, -0.25) is 4.79 Å². The van der Waals surface area contributed by atoms with Gasteiger partial charge in [0.2, 0.25) is 0 Å². The molecule has 0 aliphatic rings. The zero-order valence-corrected chi connectivity index (χ0v) is 11.8. The molecule has 2 aromatic rings. The molecule has 0 aliphatic carbocycles. The summed E-state index contributed by atoms with van der Waals surface area (Å²) in [4.78, 5) is 11.2. The van der Waals surface area contributed by atoms with Crippen LogP contribution in [0.4, 0.5) is 0 Å². The van der Waals surface area contributed by atoms with Gasteiger partial charge in [0.15, 0.2) is 0 Å². The normalized spacial score (nSPS) is 13.7. The molecule has 3 nitrogen and oxygen atoms in total. The van der Waals surface area contributed by atoms with Crippen LogP contribution in [0.1, 0.15) is 16.4 Å². The van der Waals surface area contributed by atoms with Crippen molar-refractivity contribution in [3.8, 4) is 0 Å². The predicted octanol–water partition coefficient (Wildman–Crippen LogP) is 3.07. The van der Waals surface area contributed by atoms with Crippen LogP contribution in [0.2, 0.25) is 0 Å². The summed E-state index contributed by atoms with van der Waals surface area (Å²) in [5, 5.41) is 8.92. The number of hydrogen-bond donors (Lipinski definition) is 2. The molecule has 2 aromatic carbocycles. The van der Waals surface area contributed by atoms with E-state index in [0.717, 1.165) is 16.9 Å². The maximum Gasteiger partial charge on any atom is 0.321 e. The Balaban J connectivity index is 2.13. The van der Waals surface area contributed by atoms with Gasteiger partial charge in [0.1, 0.15) is 6.04 Å². The van der Waals surface area contributed by atoms with Gasteiger partial charge in [-0.25, -0.2) is 0 Å². The molecule has 2 rings (SSSR count). The summed E-state index contributed by atoms with van der Waals surface area (Å²) < 4.78 is 0. The first-order chi connectivity index (χ1) is 9.68. The minimum absolute atomic E-state index is 0.256. The van der Waals surface area contributed by atoms with Gasteiger partial charge in [0.05, 0.1) is 5.25 Å². The molecule has 3 N–H and O–H groups in total. The van der Waals surface area contributed by atoms with Gasteiger partial charge in [0, 0.05) is 5.75 Å². The Hall–Kier alpha value is -1.78. The molecule has 0 fully saturated rings. The van der Waals surface area contributed by atoms with E-state index in [1.807, 2.05) is 60.7 Å². The second kappa shape index (κ2) is 7.12. The Morgan fingerprint density at radius 2 is 1.60 bits per heavy atom. The topological polar surface area (TPSA) is 63.3 Å². The number of carbonyl (C=O) groups is 1. The van der Waals surface area contributed by atoms with Crippen molar-refractivity contribution >= 4 is 17.7 Å². The zero-order valence-electron chi connectivity index (χ0n) is 11.0. The summed E-state index contributed by atoms with van der Waals surface area (Å²) in [5.74, 6) is -0.235. The summed E-state index contributed by atoms with van der Waals surface area (Å²) in [7, 11) is 0. The third-order valence-electron chi connectivity index (χ3n) is 3.01. The highest BCUT2D eigenvalue weighted by atomic mass is 32.2. The van der Waals surface area contributed by atoms with Crippen molar-refractivity contribution in [2.45, 2.75) is 17.0 Å². The van der Waals surface area contributed by atoms with Gasteiger partial charge in [-0.2, -0.15) is 0 Å². The van der Waals surface area contributed by atoms with E-state index in [0.29, 0.717) is 0 Å². The lowest BCUT2D eigenvalue weighted by Gasteiger charge is -2.21. The molecule has 0 aromatic heterocycles. The molecule has 20 heavy (non-hydrogen) atoms. The maximum absolute atomic E-state index is 11.2. The second-order valence-corrected chi connectivity index (χ2v) is 5.62. The fourth-order valence-corrected chi connectivity index (χ4v) is 3.18. The van der Waals surface area contributed by atoms with E-state index in [2.05, 4.69) is 0 Å². The first kappa shape index (κ1) is 14.6. The number of carboxylic acids is 1. The molecular weight excluding hydrogens is 270 g/mol. The fraction of sp³-hybridized carbons (Fsp3) is 0.188. The molecule has 0 heterocycles. The number of aliphatic carboxylic acids is 1. The van der Waals surface area contributed by atoms with Crippen molar-refractivity contribution < 1.29 is 9.90 Å². The molecule has 2 atom stereocenters. The SMILES string of the molecule is NC(C(=O)O)C(SCc1ccccc1)c1ccccc1. The standard InChI is InChI=1S/C16H17NO2S/c17-14(16(18)19)15(13-9-5-2-6-10-13)20-11-12-7-3-1-4-8-12/h1-10,14-15H,11,17H2,(H,18,19). The van der Waals surface area contributed by atoms with Crippen LogP contribution in [0.5, 0.6) is 0 Å². The minimum atomic E-state index is -0.973. The largest absolute Gasteiger partial charge is 0.480 e. The molecule has 0 spiro atoms. The summed E-state index contributed by atoms with van der Waals surface area (Å²) in [5.41, 5.74) is 7.95. The van der Waals surface area contributed by atoms with E-state index >= 15 is 0 Å². The average molecular weight is 287 g/mol. The molecule has 2 unspecified atom stereocenters. The number of rotatable bonds is 6. The van der Waals surface area contributed by atoms with Crippen LogP contribution in [-0.2, 0) is 10.5 Å². The van der Waals surface area contributed by atoms with E-state index in [-0.39, 0.29) is 5.25 Å². The fourth-order valence-electron chi connectivity index (χ4n) is 1.94. The van der Waals surface area contributed by atoms with Gasteiger partial charge in [-0.1, -0.05) is 60.7 Å². The van der Waals surface area contributed by atoms with Crippen LogP contribution in [-0.4, -0.2) is 17.1 Å². The van der Waals surface area contributed by atoms with Gasteiger partial charge in [-0.05, 0) is 11.1 Å². The lowest BCUT2D eigenvalue weighted by Crippen LogP contribution is -2.35. The van der Waals surface area contributed by atoms with E-state index in [9.17, 15) is 9.90 Å². The first-order valence-electron chi connectivity index (χ1n) is 6.37. The predicted molar refractivity (Wildman–Crippen MR) is 82.5 cm³/mol. The lowest BCUT2D eigenvalue weighted by atomic mass is 10.1. The number of benzene rings is 2. The third kappa shape index (κ3) is 3.85. The van der Waals surface area contributed by atoms with Gasteiger partial charge < -0.3 is 10.8 Å². The first-order valence-corrected chi connectivity index (χ1v) is 7.42. The molecule has 0 saturated heterocycles. The zero-order chi connectivity index (χ0) is 14.4. The molecule has 0 radical (unpaired) electrons. The van der Waals surface area contributed by atoms with Crippen LogP contribution in [0.3, 0.4) is 0 Å². The molecule has 0 aliphatic heterocycles. The van der Waals surface area contributed by atoms with Crippen LogP contribution in [0, 0.1) is 0 Å². The van der Waals surface area contributed by atoms with Crippen molar-refractivity contribution in [1.82, 2.24) is 0 Å². The van der Waals surface area contributed by atoms with Gasteiger partial charge in [-0.15, -0.1) is 11.8 Å². The number of carboxylic acid groups (broad SMARTS) is 1. The highest BCUT2D eigenvalue weighted by Crippen LogP contribution is 2.33. The molecular formula is C16H17NO2S. The molecule has 0 saturated carbocycles. The second-order valence-electron chi connectivity index (χ2n) is 4.49. The van der Waals surface area contributed by atoms with Crippen molar-refractivity contribution in [3.05, 3.63) is 71.8 Å². The number of hydrogen-bond acceptors (Lipinski definition) is 3. The number of nitrogens with two attached hydrogens (primary N) is 1. The quantitative estimate of drug-likeness (QED) is 0.857. The Labute approximate surface area is 122 Å². The van der Waals surface area contributed by atoms with Crippen molar-refractivity contribution in [1.29, 1.82) is 0 Å². The van der Waals surface area contributed by atoms with Crippen LogP contribution < -0.4 is 5.73 Å². The van der Waals surface area contributed by atoms with E-state index in [1.165, 1.54) is 0 Å². The van der Waals surface area contributed by atoms with E-state index in [4.69, 9.17) is 5.73 Å². The monoisotopic (exact) mass is 287 g/mol. The van der Waals surface area contributed by atoms with Crippen molar-refractivity contribution in [3.63, 3.8) is 0 Å². The smallest absolute Gasteiger partial charge is 0.321 e. The molecule has 0 bridgehead atoms. The molecule has 4 heteroatoms. The maximum atomic E-state index is 11.2. The summed E-state index contributed by atoms with van der Waals surface area (Å²) in [6.07, 6.45) is 0. The van der Waals surface area contributed by atoms with E-state index < -0.39 is 12.0 Å². The van der Waals surface area contributed by atoms with Crippen molar-refractivity contribution in [2.75, 3.05) is 0 Å². The highest BCUT2D eigenvalue weighted by molar-refractivity contribution is 7.98. The Bertz CT molecular complexity index is 545. The minimum Gasteiger partial charge on any atom is -0.480 e. The van der Waals surface area contributed by atoms with Crippen LogP contribution >= 0.6 is 11.8 Å². The van der Waals surface area contributed by atoms with E-state index in [1.54, 1.807) is 11.8 Å². The molecule has 0 amide bonds. The molecule has 104 valence electrons. The lowest BCUT2D eigenvalue weighted by molar-refractivity contribution is -0.138. The van der Waals surface area contributed by atoms with Gasteiger partial charge >= 0.3 is 5.97 Å². The third-order valence-corrected chi connectivity index (χ3v) is 4.44. The van der Waals surface area contributed by atoms with Crippen molar-refractivity contribution in [2.24, 2.45) is 5.73 Å². The van der Waals surface area contributed by atoms with Gasteiger partial charge in [0.25, 0.3) is 0 Å². The highest BCUT2D eigenvalue weighted by Gasteiger charge is 2.26. The summed E-state index contributed by atoms with van der Waals surface area (Å²) in [6, 6.07) is 18.6. The van der Waals surface area contributed by atoms with Crippen LogP contribution in [0.25, 0.3) is 0 Å². The van der Waals surface area contributed by atoms with Crippen LogP contribution in [0.15, 0.2) is 60.7 Å². The number of thioether (sulfide) groups is 1. The Kier molecular flexibility index (Phi) is 5.21. The summed E-state index contributed by atoms with van der Waals surface area (Å²) in [6.45, 7) is 0. The average Bonchev–Trinajstić information content (AvgIpc) is 2.49. The Morgan fingerprint density at radius 1 is 1.05 bits per heavy atom. The summed E-state index contributed by atoms with van der Waals surface area (Å²) >= 11 is 1.56.